The van der Waals surface area contributed by atoms with Crippen LogP contribution >= 0.6 is 0 Å². The van der Waals surface area contributed by atoms with Crippen molar-refractivity contribution in [3.63, 3.8) is 0 Å². The highest BCUT2D eigenvalue weighted by molar-refractivity contribution is 5.91. The van der Waals surface area contributed by atoms with E-state index in [1.54, 1.807) is 0 Å². The molecule has 2 amide bonds. The monoisotopic (exact) mass is 334 g/mol. The Kier molecular flexibility index (Phi) is 4.26. The lowest BCUT2D eigenvalue weighted by Gasteiger charge is -2.39. The summed E-state index contributed by atoms with van der Waals surface area (Å²) in [5.41, 5.74) is 3.77. The van der Waals surface area contributed by atoms with E-state index < -0.39 is 0 Å². The van der Waals surface area contributed by atoms with Crippen LogP contribution in [0.3, 0.4) is 0 Å². The van der Waals surface area contributed by atoms with E-state index in [4.69, 9.17) is 0 Å². The van der Waals surface area contributed by atoms with Gasteiger partial charge in [-0.1, -0.05) is 54.6 Å². The van der Waals surface area contributed by atoms with Gasteiger partial charge in [0.25, 0.3) is 0 Å². The number of amides is 2. The second-order valence-corrected chi connectivity index (χ2v) is 6.84. The molecule has 25 heavy (non-hydrogen) atoms. The van der Waals surface area contributed by atoms with Crippen LogP contribution in [0.1, 0.15) is 35.6 Å². The molecule has 2 aromatic rings. The van der Waals surface area contributed by atoms with E-state index in [0.29, 0.717) is 19.4 Å². The molecule has 0 spiro atoms. The van der Waals surface area contributed by atoms with Gasteiger partial charge in [-0.3, -0.25) is 9.59 Å². The maximum Gasteiger partial charge on any atom is 0.245 e. The van der Waals surface area contributed by atoms with Crippen molar-refractivity contribution in [2.24, 2.45) is 0 Å². The van der Waals surface area contributed by atoms with Gasteiger partial charge in [0.15, 0.2) is 0 Å². The van der Waals surface area contributed by atoms with Crippen molar-refractivity contribution in [2.45, 2.75) is 37.8 Å². The van der Waals surface area contributed by atoms with Crippen LogP contribution in [0.5, 0.6) is 0 Å². The average Bonchev–Trinajstić information content (AvgIpc) is 3.09. The Bertz CT molecular complexity index is 787. The Labute approximate surface area is 147 Å². The van der Waals surface area contributed by atoms with Gasteiger partial charge in [-0.2, -0.15) is 0 Å². The van der Waals surface area contributed by atoms with E-state index in [-0.39, 0.29) is 23.9 Å². The predicted octanol–water partition coefficient (Wildman–Crippen LogP) is 2.63. The highest BCUT2D eigenvalue weighted by Crippen LogP contribution is 2.33. The van der Waals surface area contributed by atoms with E-state index in [9.17, 15) is 9.59 Å². The van der Waals surface area contributed by atoms with Gasteiger partial charge in [-0.25, -0.2) is 0 Å². The van der Waals surface area contributed by atoms with Crippen molar-refractivity contribution in [2.75, 3.05) is 6.54 Å². The Morgan fingerprint density at radius 1 is 1.04 bits per heavy atom. The third kappa shape index (κ3) is 3.16. The van der Waals surface area contributed by atoms with Crippen LogP contribution in [0, 0.1) is 0 Å². The van der Waals surface area contributed by atoms with Crippen molar-refractivity contribution in [1.29, 1.82) is 0 Å². The Balaban J connectivity index is 1.65. The third-order valence-corrected chi connectivity index (χ3v) is 5.26. The lowest BCUT2D eigenvalue weighted by Crippen LogP contribution is -2.49. The summed E-state index contributed by atoms with van der Waals surface area (Å²) in [4.78, 5) is 26.6. The van der Waals surface area contributed by atoms with E-state index in [1.165, 1.54) is 16.7 Å². The molecule has 2 aliphatic rings. The van der Waals surface area contributed by atoms with Crippen LogP contribution in [-0.2, 0) is 22.4 Å². The van der Waals surface area contributed by atoms with E-state index in [1.807, 2.05) is 29.2 Å². The van der Waals surface area contributed by atoms with Gasteiger partial charge in [-0.05, 0) is 36.0 Å². The zero-order valence-corrected chi connectivity index (χ0v) is 14.2. The molecule has 1 N–H and O–H groups in total. The number of hydrogen-bond donors (Lipinski definition) is 1. The molecule has 4 nitrogen and oxygen atoms in total. The van der Waals surface area contributed by atoms with Crippen LogP contribution < -0.4 is 5.32 Å². The number of carbonyl (C=O) groups excluding carboxylic acids is 2. The molecule has 2 aliphatic heterocycles. The first-order chi connectivity index (χ1) is 12.2. The third-order valence-electron chi connectivity index (χ3n) is 5.26. The fourth-order valence-electron chi connectivity index (χ4n) is 3.97. The van der Waals surface area contributed by atoms with Crippen LogP contribution in [-0.4, -0.2) is 29.3 Å². The normalized spacial score (nSPS) is 22.4. The minimum atomic E-state index is -0.365. The van der Waals surface area contributed by atoms with Gasteiger partial charge >= 0.3 is 0 Å². The van der Waals surface area contributed by atoms with Gasteiger partial charge in [0, 0.05) is 13.0 Å². The fourth-order valence-corrected chi connectivity index (χ4v) is 3.97. The van der Waals surface area contributed by atoms with Gasteiger partial charge < -0.3 is 10.2 Å². The number of fused-ring (bicyclic) bond motifs is 1. The zero-order valence-electron chi connectivity index (χ0n) is 14.2. The van der Waals surface area contributed by atoms with Gasteiger partial charge in [0.1, 0.15) is 6.04 Å². The molecule has 0 radical (unpaired) electrons. The molecule has 1 fully saturated rings. The number of nitrogens with one attached hydrogen (secondary N) is 1. The summed E-state index contributed by atoms with van der Waals surface area (Å²) in [7, 11) is 0. The molecule has 2 heterocycles. The van der Waals surface area contributed by atoms with Gasteiger partial charge in [-0.15, -0.1) is 0 Å². The molecule has 4 heteroatoms. The van der Waals surface area contributed by atoms with Crippen LogP contribution in [0.4, 0.5) is 0 Å². The SMILES string of the molecule is O=C1CC[C@H](C(=O)N2CCc3ccccc3[C@@H]2Cc2ccccc2)N1. The summed E-state index contributed by atoms with van der Waals surface area (Å²) in [5.74, 6) is 0.0386. The van der Waals surface area contributed by atoms with Gasteiger partial charge in [0.2, 0.25) is 11.8 Å². The quantitative estimate of drug-likeness (QED) is 0.938. The molecule has 0 saturated carbocycles. The summed E-state index contributed by atoms with van der Waals surface area (Å²) >= 11 is 0. The maximum absolute atomic E-state index is 13.1. The Hall–Kier alpha value is -2.62. The first kappa shape index (κ1) is 15.9. The van der Waals surface area contributed by atoms with Gasteiger partial charge in [0.05, 0.1) is 6.04 Å². The second kappa shape index (κ2) is 6.71. The lowest BCUT2D eigenvalue weighted by molar-refractivity contribution is -0.137. The molecular formula is C21H22N2O2. The number of nitrogens with zero attached hydrogens (tertiary/aromatic N) is 1. The van der Waals surface area contributed by atoms with Crippen molar-refractivity contribution in [3.8, 4) is 0 Å². The zero-order chi connectivity index (χ0) is 17.2. The largest absolute Gasteiger partial charge is 0.344 e. The molecule has 2 aromatic carbocycles. The fraction of sp³-hybridized carbons (Fsp3) is 0.333. The maximum atomic E-state index is 13.1. The molecular weight excluding hydrogens is 312 g/mol. The number of rotatable bonds is 3. The Morgan fingerprint density at radius 2 is 1.80 bits per heavy atom. The minimum absolute atomic E-state index is 0.0182. The topological polar surface area (TPSA) is 49.4 Å². The summed E-state index contributed by atoms with van der Waals surface area (Å²) < 4.78 is 0. The first-order valence-corrected chi connectivity index (χ1v) is 8.94. The van der Waals surface area contributed by atoms with Crippen LogP contribution in [0.25, 0.3) is 0 Å². The number of carbonyl (C=O) groups is 2. The second-order valence-electron chi connectivity index (χ2n) is 6.84. The highest BCUT2D eigenvalue weighted by Gasteiger charge is 2.36. The summed E-state index contributed by atoms with van der Waals surface area (Å²) in [6, 6.07) is 18.4. The molecule has 2 atom stereocenters. The van der Waals surface area contributed by atoms with Crippen molar-refractivity contribution >= 4 is 11.8 Å². The average molecular weight is 334 g/mol. The lowest BCUT2D eigenvalue weighted by atomic mass is 9.88. The molecule has 0 unspecified atom stereocenters. The molecule has 0 aliphatic carbocycles. The van der Waals surface area contributed by atoms with Crippen molar-refractivity contribution < 1.29 is 9.59 Å². The smallest absolute Gasteiger partial charge is 0.245 e. The van der Waals surface area contributed by atoms with Crippen molar-refractivity contribution in [1.82, 2.24) is 10.2 Å². The number of hydrogen-bond acceptors (Lipinski definition) is 2. The molecule has 4 rings (SSSR count). The molecule has 1 saturated heterocycles. The van der Waals surface area contributed by atoms with E-state index in [0.717, 1.165) is 12.8 Å². The van der Waals surface area contributed by atoms with Crippen LogP contribution in [0.2, 0.25) is 0 Å². The summed E-state index contributed by atoms with van der Waals surface area (Å²) in [6.45, 7) is 0.708. The highest BCUT2D eigenvalue weighted by atomic mass is 16.2. The van der Waals surface area contributed by atoms with E-state index in [2.05, 4.69) is 35.6 Å². The number of benzene rings is 2. The molecule has 0 bridgehead atoms. The standard InChI is InChI=1S/C21H22N2O2/c24-20-11-10-18(22-20)21(25)23-13-12-16-8-4-5-9-17(16)19(23)14-15-6-2-1-3-7-15/h1-9,18-19H,10-14H2,(H,22,24)/t18-,19+/m1/s1. The molecule has 0 aromatic heterocycles. The minimum Gasteiger partial charge on any atom is -0.344 e. The van der Waals surface area contributed by atoms with Crippen molar-refractivity contribution in [3.05, 3.63) is 71.3 Å². The molecule has 128 valence electrons. The summed E-state index contributed by atoms with van der Waals surface area (Å²) in [6.07, 6.45) is 2.72. The predicted molar refractivity (Wildman–Crippen MR) is 95.9 cm³/mol. The van der Waals surface area contributed by atoms with Crippen LogP contribution in [0.15, 0.2) is 54.6 Å². The van der Waals surface area contributed by atoms with E-state index >= 15 is 0 Å². The first-order valence-electron chi connectivity index (χ1n) is 8.94. The summed E-state index contributed by atoms with van der Waals surface area (Å²) in [5, 5.41) is 2.83. The Morgan fingerprint density at radius 3 is 2.56 bits per heavy atom.